The molecular formula is C11H15N3O2. The zero-order chi connectivity index (χ0) is 11.7. The predicted molar refractivity (Wildman–Crippen MR) is 61.6 cm³/mol. The van der Waals surface area contributed by atoms with Crippen LogP contribution in [0, 0.1) is 5.92 Å². The van der Waals surface area contributed by atoms with E-state index >= 15 is 0 Å². The highest BCUT2D eigenvalue weighted by Crippen LogP contribution is 2.28. The summed E-state index contributed by atoms with van der Waals surface area (Å²) < 4.78 is 0. The molecule has 5 nitrogen and oxygen atoms in total. The highest BCUT2D eigenvalue weighted by Gasteiger charge is 2.23. The third-order valence-corrected chi connectivity index (χ3v) is 2.92. The second-order valence-electron chi connectivity index (χ2n) is 4.24. The van der Waals surface area contributed by atoms with Crippen LogP contribution in [0.2, 0.25) is 0 Å². The molecule has 0 spiro atoms. The van der Waals surface area contributed by atoms with Crippen molar-refractivity contribution in [1.29, 1.82) is 0 Å². The van der Waals surface area contributed by atoms with Crippen LogP contribution in [0.25, 0.3) is 0 Å². The molecule has 0 bridgehead atoms. The van der Waals surface area contributed by atoms with Crippen molar-refractivity contribution in [2.75, 3.05) is 23.7 Å². The Kier molecular flexibility index (Phi) is 2.68. The van der Waals surface area contributed by atoms with Crippen molar-refractivity contribution in [3.8, 4) is 0 Å². The second kappa shape index (κ2) is 4.00. The first-order valence-corrected chi connectivity index (χ1v) is 5.32. The molecule has 1 unspecified atom stereocenters. The zero-order valence-electron chi connectivity index (χ0n) is 9.18. The number of rotatable bonds is 2. The van der Waals surface area contributed by atoms with E-state index in [1.54, 1.807) is 0 Å². The summed E-state index contributed by atoms with van der Waals surface area (Å²) in [4.78, 5) is 17.2. The monoisotopic (exact) mass is 221 g/mol. The number of nitrogen functional groups attached to an aromatic ring is 1. The van der Waals surface area contributed by atoms with E-state index in [4.69, 9.17) is 10.8 Å². The van der Waals surface area contributed by atoms with Crippen molar-refractivity contribution >= 4 is 17.5 Å². The second-order valence-corrected chi connectivity index (χ2v) is 4.24. The standard InChI is InChI=1S/C11H15N3O2/c1-7-3-5-14(6-7)10-9(12)8(11(15)16)2-4-13-10/h2,4,7H,3,5-6,12H2,1H3,(H,15,16). The lowest BCUT2D eigenvalue weighted by atomic mass is 10.2. The van der Waals surface area contributed by atoms with Gasteiger partial charge in [0.15, 0.2) is 5.82 Å². The van der Waals surface area contributed by atoms with Crippen molar-refractivity contribution < 1.29 is 9.90 Å². The normalized spacial score (nSPS) is 20.1. The van der Waals surface area contributed by atoms with E-state index in [9.17, 15) is 4.79 Å². The van der Waals surface area contributed by atoms with Gasteiger partial charge in [-0.1, -0.05) is 6.92 Å². The number of carboxylic acids is 1. The number of nitrogens with two attached hydrogens (primary N) is 1. The number of pyridine rings is 1. The quantitative estimate of drug-likeness (QED) is 0.784. The van der Waals surface area contributed by atoms with E-state index in [0.717, 1.165) is 19.5 Å². The number of carboxylic acid groups (broad SMARTS) is 1. The fourth-order valence-corrected chi connectivity index (χ4v) is 2.03. The van der Waals surface area contributed by atoms with Crippen molar-refractivity contribution in [3.63, 3.8) is 0 Å². The lowest BCUT2D eigenvalue weighted by Gasteiger charge is -2.19. The molecule has 3 N–H and O–H groups in total. The fraction of sp³-hybridized carbons (Fsp3) is 0.455. The molecule has 1 saturated heterocycles. The van der Waals surface area contributed by atoms with Gasteiger partial charge in [0.05, 0.1) is 11.3 Å². The maximum atomic E-state index is 10.9. The third-order valence-electron chi connectivity index (χ3n) is 2.92. The molecule has 1 aromatic heterocycles. The molecule has 0 radical (unpaired) electrons. The van der Waals surface area contributed by atoms with Gasteiger partial charge in [-0.2, -0.15) is 0 Å². The van der Waals surface area contributed by atoms with Gasteiger partial charge < -0.3 is 15.7 Å². The number of carbonyl (C=O) groups is 1. The first kappa shape index (κ1) is 10.7. The van der Waals surface area contributed by atoms with Crippen molar-refractivity contribution in [3.05, 3.63) is 17.8 Å². The van der Waals surface area contributed by atoms with Gasteiger partial charge in [0.2, 0.25) is 0 Å². The maximum absolute atomic E-state index is 10.9. The molecule has 0 saturated carbocycles. The molecule has 86 valence electrons. The minimum absolute atomic E-state index is 0.129. The van der Waals surface area contributed by atoms with Crippen LogP contribution in [0.15, 0.2) is 12.3 Å². The van der Waals surface area contributed by atoms with E-state index in [0.29, 0.717) is 11.7 Å². The number of anilines is 2. The molecule has 16 heavy (non-hydrogen) atoms. The molecule has 1 atom stereocenters. The van der Waals surface area contributed by atoms with Crippen LogP contribution in [0.1, 0.15) is 23.7 Å². The topological polar surface area (TPSA) is 79.5 Å². The van der Waals surface area contributed by atoms with E-state index in [2.05, 4.69) is 11.9 Å². The molecule has 1 fully saturated rings. The minimum atomic E-state index is -1.01. The van der Waals surface area contributed by atoms with Crippen LogP contribution >= 0.6 is 0 Å². The number of aromatic carboxylic acids is 1. The smallest absolute Gasteiger partial charge is 0.337 e. The van der Waals surface area contributed by atoms with E-state index in [1.807, 2.05) is 4.90 Å². The lowest BCUT2D eigenvalue weighted by molar-refractivity contribution is 0.0698. The van der Waals surface area contributed by atoms with Crippen LogP contribution in [0.5, 0.6) is 0 Å². The van der Waals surface area contributed by atoms with Crippen LogP contribution in [-0.4, -0.2) is 29.1 Å². The van der Waals surface area contributed by atoms with E-state index in [-0.39, 0.29) is 11.3 Å². The van der Waals surface area contributed by atoms with Crippen LogP contribution in [0.3, 0.4) is 0 Å². The molecule has 1 aromatic rings. The minimum Gasteiger partial charge on any atom is -0.478 e. The molecule has 5 heteroatoms. The summed E-state index contributed by atoms with van der Waals surface area (Å²) in [6.45, 7) is 3.94. The largest absolute Gasteiger partial charge is 0.478 e. The van der Waals surface area contributed by atoms with Crippen LogP contribution in [0.4, 0.5) is 11.5 Å². The summed E-state index contributed by atoms with van der Waals surface area (Å²) in [6, 6.07) is 1.43. The Morgan fingerprint density at radius 1 is 1.69 bits per heavy atom. The molecule has 0 amide bonds. The van der Waals surface area contributed by atoms with Crippen LogP contribution in [-0.2, 0) is 0 Å². The Morgan fingerprint density at radius 3 is 3.00 bits per heavy atom. The van der Waals surface area contributed by atoms with Gasteiger partial charge in [0.1, 0.15) is 0 Å². The SMILES string of the molecule is CC1CCN(c2nccc(C(=O)O)c2N)C1. The number of aromatic nitrogens is 1. The highest BCUT2D eigenvalue weighted by atomic mass is 16.4. The Hall–Kier alpha value is -1.78. The molecule has 2 rings (SSSR count). The summed E-state index contributed by atoms with van der Waals surface area (Å²) in [5.74, 6) is 0.201. The Balaban J connectivity index is 2.34. The molecule has 1 aliphatic rings. The Bertz CT molecular complexity index is 420. The molecule has 0 aliphatic carbocycles. The summed E-state index contributed by atoms with van der Waals surface area (Å²) in [5, 5.41) is 8.96. The molecule has 1 aliphatic heterocycles. The van der Waals surface area contributed by atoms with Gasteiger partial charge in [-0.3, -0.25) is 0 Å². The molecule has 2 heterocycles. The first-order chi connectivity index (χ1) is 7.59. The van der Waals surface area contributed by atoms with Crippen molar-refractivity contribution in [2.45, 2.75) is 13.3 Å². The average molecular weight is 221 g/mol. The fourth-order valence-electron chi connectivity index (χ4n) is 2.03. The average Bonchev–Trinajstić information content (AvgIpc) is 2.64. The summed E-state index contributed by atoms with van der Waals surface area (Å²) in [6.07, 6.45) is 2.59. The number of nitrogens with zero attached hydrogens (tertiary/aromatic N) is 2. The lowest BCUT2D eigenvalue weighted by Crippen LogP contribution is -2.22. The van der Waals surface area contributed by atoms with Gasteiger partial charge in [-0.15, -0.1) is 0 Å². The Morgan fingerprint density at radius 2 is 2.44 bits per heavy atom. The predicted octanol–water partition coefficient (Wildman–Crippen LogP) is 1.21. The van der Waals surface area contributed by atoms with Gasteiger partial charge in [-0.25, -0.2) is 9.78 Å². The maximum Gasteiger partial charge on any atom is 0.337 e. The van der Waals surface area contributed by atoms with Gasteiger partial charge >= 0.3 is 5.97 Å². The third kappa shape index (κ3) is 1.80. The summed E-state index contributed by atoms with van der Waals surface area (Å²) >= 11 is 0. The number of hydrogen-bond acceptors (Lipinski definition) is 4. The van der Waals surface area contributed by atoms with Crippen molar-refractivity contribution in [1.82, 2.24) is 4.98 Å². The summed E-state index contributed by atoms with van der Waals surface area (Å²) in [5.41, 5.74) is 6.22. The first-order valence-electron chi connectivity index (χ1n) is 5.32. The van der Waals surface area contributed by atoms with Gasteiger partial charge in [-0.05, 0) is 18.4 Å². The molecule has 0 aromatic carbocycles. The van der Waals surface area contributed by atoms with Gasteiger partial charge in [0, 0.05) is 19.3 Å². The van der Waals surface area contributed by atoms with E-state index < -0.39 is 5.97 Å². The molecular weight excluding hydrogens is 206 g/mol. The van der Waals surface area contributed by atoms with Gasteiger partial charge in [0.25, 0.3) is 0 Å². The number of hydrogen-bond donors (Lipinski definition) is 2. The van der Waals surface area contributed by atoms with E-state index in [1.165, 1.54) is 12.3 Å². The van der Waals surface area contributed by atoms with Crippen molar-refractivity contribution in [2.24, 2.45) is 5.92 Å². The van der Waals surface area contributed by atoms with Crippen LogP contribution < -0.4 is 10.6 Å². The summed E-state index contributed by atoms with van der Waals surface area (Å²) in [7, 11) is 0. The Labute approximate surface area is 93.9 Å². The zero-order valence-corrected chi connectivity index (χ0v) is 9.18. The highest BCUT2D eigenvalue weighted by molar-refractivity contribution is 5.96.